The molecule has 0 unspecified atom stereocenters. The van der Waals surface area contributed by atoms with Gasteiger partial charge in [0.25, 0.3) is 0 Å². The van der Waals surface area contributed by atoms with E-state index >= 15 is 0 Å². The molecule has 1 saturated carbocycles. The number of methoxy groups -OCH3 is 2. The van der Waals surface area contributed by atoms with E-state index in [4.69, 9.17) is 9.47 Å². The van der Waals surface area contributed by atoms with Gasteiger partial charge in [0, 0.05) is 30.2 Å². The van der Waals surface area contributed by atoms with E-state index in [0.717, 1.165) is 42.0 Å². The van der Waals surface area contributed by atoms with Gasteiger partial charge in [-0.05, 0) is 25.8 Å². The van der Waals surface area contributed by atoms with Gasteiger partial charge in [-0.25, -0.2) is 0 Å². The van der Waals surface area contributed by atoms with Crippen molar-refractivity contribution in [2.24, 2.45) is 0 Å². The second-order valence-electron chi connectivity index (χ2n) is 5.09. The van der Waals surface area contributed by atoms with Crippen LogP contribution in [0.2, 0.25) is 0 Å². The molecule has 1 fully saturated rings. The molecule has 0 radical (unpaired) electrons. The first-order valence-corrected chi connectivity index (χ1v) is 8.28. The summed E-state index contributed by atoms with van der Waals surface area (Å²) >= 11 is 3.52. The molecule has 1 heterocycles. The van der Waals surface area contributed by atoms with Gasteiger partial charge in [-0.2, -0.15) is 0 Å². The van der Waals surface area contributed by atoms with E-state index in [1.54, 1.807) is 20.4 Å². The lowest BCUT2D eigenvalue weighted by Gasteiger charge is -2.37. The fourth-order valence-corrected chi connectivity index (χ4v) is 2.81. The zero-order valence-electron chi connectivity index (χ0n) is 12.3. The Balaban J connectivity index is 2.12. The Morgan fingerprint density at radius 2 is 2.15 bits per heavy atom. The van der Waals surface area contributed by atoms with Gasteiger partial charge in [0.15, 0.2) is 11.5 Å². The third-order valence-corrected chi connectivity index (χ3v) is 4.45. The molecule has 0 amide bonds. The van der Waals surface area contributed by atoms with E-state index in [2.05, 4.69) is 25.8 Å². The standard InChI is InChI=1S/C15H23BrN2O2/c1-19-14-7-9-17-13(15(14)20-2)11-18(10-4-8-16)12-5-3-6-12/h7,9,12H,3-6,8,10-11H2,1-2H3. The maximum atomic E-state index is 5.48. The van der Waals surface area contributed by atoms with Crippen molar-refractivity contribution in [3.8, 4) is 11.5 Å². The first kappa shape index (κ1) is 15.6. The number of halogens is 1. The van der Waals surface area contributed by atoms with E-state index < -0.39 is 0 Å². The molecule has 2 rings (SSSR count). The van der Waals surface area contributed by atoms with Crippen molar-refractivity contribution in [3.05, 3.63) is 18.0 Å². The van der Waals surface area contributed by atoms with Gasteiger partial charge in [-0.15, -0.1) is 0 Å². The van der Waals surface area contributed by atoms with Gasteiger partial charge in [0.1, 0.15) is 5.69 Å². The average molecular weight is 343 g/mol. The molecule has 20 heavy (non-hydrogen) atoms. The number of pyridine rings is 1. The summed E-state index contributed by atoms with van der Waals surface area (Å²) in [7, 11) is 3.34. The zero-order chi connectivity index (χ0) is 14.4. The van der Waals surface area contributed by atoms with Crippen LogP contribution < -0.4 is 9.47 Å². The van der Waals surface area contributed by atoms with Gasteiger partial charge in [0.05, 0.1) is 14.2 Å². The molecule has 0 N–H and O–H groups in total. The largest absolute Gasteiger partial charge is 0.493 e. The van der Waals surface area contributed by atoms with Crippen LogP contribution in [-0.4, -0.2) is 42.0 Å². The number of alkyl halides is 1. The molecule has 112 valence electrons. The van der Waals surface area contributed by atoms with Crippen molar-refractivity contribution >= 4 is 15.9 Å². The van der Waals surface area contributed by atoms with Gasteiger partial charge >= 0.3 is 0 Å². The molecule has 0 atom stereocenters. The molecular weight excluding hydrogens is 320 g/mol. The normalized spacial score (nSPS) is 15.2. The van der Waals surface area contributed by atoms with E-state index in [0.29, 0.717) is 6.04 Å². The molecule has 1 aromatic heterocycles. The Labute approximate surface area is 129 Å². The Kier molecular flexibility index (Phi) is 6.10. The van der Waals surface area contributed by atoms with Gasteiger partial charge < -0.3 is 9.47 Å². The summed E-state index contributed by atoms with van der Waals surface area (Å²) < 4.78 is 10.8. The quantitative estimate of drug-likeness (QED) is 0.679. The predicted molar refractivity (Wildman–Crippen MR) is 83.8 cm³/mol. The van der Waals surface area contributed by atoms with Crippen LogP contribution in [0.15, 0.2) is 12.3 Å². The van der Waals surface area contributed by atoms with Crippen molar-refractivity contribution in [2.75, 3.05) is 26.1 Å². The number of hydrogen-bond donors (Lipinski definition) is 0. The third kappa shape index (κ3) is 3.64. The maximum Gasteiger partial charge on any atom is 0.183 e. The lowest BCUT2D eigenvalue weighted by atomic mass is 9.91. The Hall–Kier alpha value is -0.810. The van der Waals surface area contributed by atoms with Crippen LogP contribution in [0.1, 0.15) is 31.4 Å². The minimum Gasteiger partial charge on any atom is -0.493 e. The minimum atomic E-state index is 0.701. The highest BCUT2D eigenvalue weighted by atomic mass is 79.9. The molecule has 0 bridgehead atoms. The highest BCUT2D eigenvalue weighted by molar-refractivity contribution is 9.09. The third-order valence-electron chi connectivity index (χ3n) is 3.89. The van der Waals surface area contributed by atoms with E-state index in [1.807, 2.05) is 6.07 Å². The monoisotopic (exact) mass is 342 g/mol. The van der Waals surface area contributed by atoms with Gasteiger partial charge in [-0.3, -0.25) is 9.88 Å². The first-order chi connectivity index (χ1) is 9.80. The molecule has 0 spiro atoms. The molecule has 4 nitrogen and oxygen atoms in total. The van der Waals surface area contributed by atoms with Crippen molar-refractivity contribution in [1.82, 2.24) is 9.88 Å². The van der Waals surface area contributed by atoms with Gasteiger partial charge in [0.2, 0.25) is 0 Å². The minimum absolute atomic E-state index is 0.701. The smallest absolute Gasteiger partial charge is 0.183 e. The number of aromatic nitrogens is 1. The van der Waals surface area contributed by atoms with Crippen LogP contribution in [0.4, 0.5) is 0 Å². The second-order valence-corrected chi connectivity index (χ2v) is 5.88. The van der Waals surface area contributed by atoms with E-state index in [-0.39, 0.29) is 0 Å². The van der Waals surface area contributed by atoms with Crippen LogP contribution in [0.3, 0.4) is 0 Å². The van der Waals surface area contributed by atoms with Crippen LogP contribution in [0, 0.1) is 0 Å². The summed E-state index contributed by atoms with van der Waals surface area (Å²) in [6, 6.07) is 2.54. The lowest BCUT2D eigenvalue weighted by molar-refractivity contribution is 0.117. The van der Waals surface area contributed by atoms with Crippen molar-refractivity contribution in [2.45, 2.75) is 38.3 Å². The molecule has 1 aromatic rings. The predicted octanol–water partition coefficient (Wildman–Crippen LogP) is 3.24. The number of nitrogens with zero attached hydrogens (tertiary/aromatic N) is 2. The Morgan fingerprint density at radius 1 is 1.35 bits per heavy atom. The van der Waals surface area contributed by atoms with Crippen molar-refractivity contribution in [1.29, 1.82) is 0 Å². The van der Waals surface area contributed by atoms with Crippen LogP contribution in [0.5, 0.6) is 11.5 Å². The number of hydrogen-bond acceptors (Lipinski definition) is 4. The van der Waals surface area contributed by atoms with Crippen LogP contribution >= 0.6 is 15.9 Å². The molecule has 1 aliphatic rings. The fraction of sp³-hybridized carbons (Fsp3) is 0.667. The van der Waals surface area contributed by atoms with Gasteiger partial charge in [-0.1, -0.05) is 22.4 Å². The Bertz CT molecular complexity index is 424. The number of ether oxygens (including phenoxy) is 2. The lowest BCUT2D eigenvalue weighted by Crippen LogP contribution is -2.40. The van der Waals surface area contributed by atoms with E-state index in [1.165, 1.54) is 19.3 Å². The summed E-state index contributed by atoms with van der Waals surface area (Å²) in [5.74, 6) is 1.52. The second kappa shape index (κ2) is 7.84. The highest BCUT2D eigenvalue weighted by Gasteiger charge is 2.26. The molecule has 0 saturated heterocycles. The fourth-order valence-electron chi connectivity index (χ4n) is 2.56. The number of rotatable bonds is 8. The summed E-state index contributed by atoms with van der Waals surface area (Å²) in [4.78, 5) is 7.01. The molecule has 5 heteroatoms. The average Bonchev–Trinajstić information content (AvgIpc) is 2.42. The topological polar surface area (TPSA) is 34.6 Å². The van der Waals surface area contributed by atoms with Crippen LogP contribution in [-0.2, 0) is 6.54 Å². The molecule has 1 aliphatic carbocycles. The van der Waals surface area contributed by atoms with Crippen molar-refractivity contribution in [3.63, 3.8) is 0 Å². The summed E-state index contributed by atoms with van der Waals surface area (Å²) in [5.41, 5.74) is 0.966. The Morgan fingerprint density at radius 3 is 2.70 bits per heavy atom. The SMILES string of the molecule is COc1ccnc(CN(CCCBr)C2CCC2)c1OC. The highest BCUT2D eigenvalue weighted by Crippen LogP contribution is 2.32. The molecule has 0 aliphatic heterocycles. The summed E-state index contributed by atoms with van der Waals surface area (Å²) in [5, 5.41) is 1.04. The van der Waals surface area contributed by atoms with Crippen LogP contribution in [0.25, 0.3) is 0 Å². The first-order valence-electron chi connectivity index (χ1n) is 7.16. The van der Waals surface area contributed by atoms with E-state index in [9.17, 15) is 0 Å². The maximum absolute atomic E-state index is 5.48. The summed E-state index contributed by atoms with van der Waals surface area (Å²) in [6.07, 6.45) is 6.89. The van der Waals surface area contributed by atoms with Crippen molar-refractivity contribution < 1.29 is 9.47 Å². The molecular formula is C15H23BrN2O2. The zero-order valence-corrected chi connectivity index (χ0v) is 13.9. The summed E-state index contributed by atoms with van der Waals surface area (Å²) in [6.45, 7) is 1.93. The molecule has 0 aromatic carbocycles.